The lowest BCUT2D eigenvalue weighted by Gasteiger charge is -2.10. The summed E-state index contributed by atoms with van der Waals surface area (Å²) in [7, 11) is 0. The quantitative estimate of drug-likeness (QED) is 0.570. The molecular weight excluding hydrogens is 268 g/mol. The van der Waals surface area contributed by atoms with Gasteiger partial charge in [0.2, 0.25) is 0 Å². The Hall–Kier alpha value is -1.55. The van der Waals surface area contributed by atoms with E-state index in [1.165, 1.54) is 0 Å². The lowest BCUT2D eigenvalue weighted by atomic mass is 10.0. The van der Waals surface area contributed by atoms with Gasteiger partial charge < -0.3 is 9.47 Å². The molecule has 0 saturated heterocycles. The number of esters is 1. The zero-order valence-corrected chi connectivity index (χ0v) is 11.8. The molecule has 0 unspecified atom stereocenters. The van der Waals surface area contributed by atoms with Gasteiger partial charge in [-0.2, -0.15) is 0 Å². The van der Waals surface area contributed by atoms with Gasteiger partial charge in [-0.1, -0.05) is 6.07 Å². The highest BCUT2D eigenvalue weighted by Gasteiger charge is 2.16. The van der Waals surface area contributed by atoms with Gasteiger partial charge in [-0.05, 0) is 31.5 Å². The Bertz CT molecular complexity index is 457. The standard InChI is InChI=1S/C14H17ClO4/c1-3-18-12-6-5-10(7-11(16)9-15)13(8-12)14(17)19-4-2/h5-6,8H,3-4,7,9H2,1-2H3. The first-order valence-electron chi connectivity index (χ1n) is 6.12. The molecule has 0 heterocycles. The van der Waals surface area contributed by atoms with Gasteiger partial charge in [-0.3, -0.25) is 4.79 Å². The van der Waals surface area contributed by atoms with Gasteiger partial charge in [0.15, 0.2) is 5.78 Å². The highest BCUT2D eigenvalue weighted by Crippen LogP contribution is 2.20. The van der Waals surface area contributed by atoms with Crippen molar-refractivity contribution in [1.82, 2.24) is 0 Å². The number of carbonyl (C=O) groups excluding carboxylic acids is 2. The van der Waals surface area contributed by atoms with Gasteiger partial charge in [0.25, 0.3) is 0 Å². The van der Waals surface area contributed by atoms with Crippen LogP contribution in [0.5, 0.6) is 5.75 Å². The molecule has 0 N–H and O–H groups in total. The van der Waals surface area contributed by atoms with E-state index in [1.807, 2.05) is 6.92 Å². The average Bonchev–Trinajstić information content (AvgIpc) is 2.40. The minimum Gasteiger partial charge on any atom is -0.494 e. The van der Waals surface area contributed by atoms with Crippen LogP contribution in [0.15, 0.2) is 18.2 Å². The Morgan fingerprint density at radius 3 is 2.53 bits per heavy atom. The topological polar surface area (TPSA) is 52.6 Å². The number of alkyl halides is 1. The van der Waals surface area contributed by atoms with Crippen molar-refractivity contribution < 1.29 is 19.1 Å². The number of hydrogen-bond acceptors (Lipinski definition) is 4. The predicted octanol–water partition coefficient (Wildman–Crippen LogP) is 2.61. The molecule has 0 radical (unpaired) electrons. The first-order chi connectivity index (χ1) is 9.12. The highest BCUT2D eigenvalue weighted by molar-refractivity contribution is 6.27. The normalized spacial score (nSPS) is 10.1. The van der Waals surface area contributed by atoms with Crippen LogP contribution in [0.1, 0.15) is 29.8 Å². The maximum atomic E-state index is 11.9. The molecular formula is C14H17ClO4. The van der Waals surface area contributed by atoms with E-state index < -0.39 is 5.97 Å². The number of ether oxygens (including phenoxy) is 2. The molecule has 1 aromatic rings. The third-order valence-electron chi connectivity index (χ3n) is 2.42. The first kappa shape index (κ1) is 15.5. The maximum Gasteiger partial charge on any atom is 0.338 e. The number of benzene rings is 1. The van der Waals surface area contributed by atoms with Gasteiger partial charge in [0.05, 0.1) is 24.7 Å². The molecule has 0 bridgehead atoms. The molecule has 1 rings (SSSR count). The van der Waals surface area contributed by atoms with Gasteiger partial charge >= 0.3 is 5.97 Å². The second-order valence-corrected chi connectivity index (χ2v) is 4.09. The summed E-state index contributed by atoms with van der Waals surface area (Å²) in [6, 6.07) is 5.02. The van der Waals surface area contributed by atoms with Crippen LogP contribution in [0.25, 0.3) is 0 Å². The summed E-state index contributed by atoms with van der Waals surface area (Å²) >= 11 is 5.49. The molecule has 0 saturated carbocycles. The summed E-state index contributed by atoms with van der Waals surface area (Å²) in [5, 5.41) is 0. The van der Waals surface area contributed by atoms with E-state index in [9.17, 15) is 9.59 Å². The van der Waals surface area contributed by atoms with E-state index in [0.717, 1.165) is 0 Å². The Morgan fingerprint density at radius 2 is 1.95 bits per heavy atom. The Kier molecular flexibility index (Phi) is 6.36. The molecule has 0 amide bonds. The van der Waals surface area contributed by atoms with E-state index in [-0.39, 0.29) is 24.7 Å². The predicted molar refractivity (Wildman–Crippen MR) is 73.0 cm³/mol. The van der Waals surface area contributed by atoms with Crippen molar-refractivity contribution in [1.29, 1.82) is 0 Å². The number of Topliss-reactive ketones (excluding diaryl/α,β-unsaturated/α-hetero) is 1. The lowest BCUT2D eigenvalue weighted by molar-refractivity contribution is -0.116. The first-order valence-corrected chi connectivity index (χ1v) is 6.66. The third kappa shape index (κ3) is 4.56. The summed E-state index contributed by atoms with van der Waals surface area (Å²) in [4.78, 5) is 23.3. The second-order valence-electron chi connectivity index (χ2n) is 3.82. The van der Waals surface area contributed by atoms with Crippen LogP contribution in [0.4, 0.5) is 0 Å². The van der Waals surface area contributed by atoms with Crippen LogP contribution in [-0.4, -0.2) is 30.8 Å². The Balaban J connectivity index is 3.06. The molecule has 1 aromatic carbocycles. The molecule has 4 nitrogen and oxygen atoms in total. The van der Waals surface area contributed by atoms with Crippen molar-refractivity contribution in [2.75, 3.05) is 19.1 Å². The molecule has 0 aliphatic rings. The number of ketones is 1. The second kappa shape index (κ2) is 7.79. The minimum absolute atomic E-state index is 0.0739. The zero-order chi connectivity index (χ0) is 14.3. The summed E-state index contributed by atoms with van der Waals surface area (Å²) in [5.41, 5.74) is 0.957. The van der Waals surface area contributed by atoms with E-state index in [1.54, 1.807) is 25.1 Å². The van der Waals surface area contributed by atoms with Crippen LogP contribution in [0.2, 0.25) is 0 Å². The van der Waals surface area contributed by atoms with Gasteiger partial charge in [0.1, 0.15) is 5.75 Å². The van der Waals surface area contributed by atoms with Crippen molar-refractivity contribution >= 4 is 23.4 Å². The number of hydrogen-bond donors (Lipinski definition) is 0. The fourth-order valence-electron chi connectivity index (χ4n) is 1.62. The molecule has 0 fully saturated rings. The van der Waals surface area contributed by atoms with Crippen molar-refractivity contribution in [2.24, 2.45) is 0 Å². The van der Waals surface area contributed by atoms with Gasteiger partial charge in [-0.25, -0.2) is 4.79 Å². The van der Waals surface area contributed by atoms with Crippen molar-refractivity contribution in [3.05, 3.63) is 29.3 Å². The van der Waals surface area contributed by atoms with Crippen molar-refractivity contribution in [2.45, 2.75) is 20.3 Å². The minimum atomic E-state index is -0.457. The van der Waals surface area contributed by atoms with Crippen molar-refractivity contribution in [3.8, 4) is 5.75 Å². The molecule has 5 heteroatoms. The molecule has 0 atom stereocenters. The third-order valence-corrected chi connectivity index (χ3v) is 2.72. The molecule has 0 aromatic heterocycles. The van der Waals surface area contributed by atoms with Crippen LogP contribution in [-0.2, 0) is 16.0 Å². The summed E-state index contributed by atoms with van der Waals surface area (Å²) in [5.74, 6) is -0.0967. The summed E-state index contributed by atoms with van der Waals surface area (Å²) < 4.78 is 10.3. The summed E-state index contributed by atoms with van der Waals surface area (Å²) in [6.45, 7) is 4.37. The molecule has 104 valence electrons. The molecule has 0 aliphatic carbocycles. The van der Waals surface area contributed by atoms with Crippen LogP contribution < -0.4 is 4.74 Å². The van der Waals surface area contributed by atoms with Gasteiger partial charge in [0, 0.05) is 6.42 Å². The SMILES string of the molecule is CCOC(=O)c1cc(OCC)ccc1CC(=O)CCl. The van der Waals surface area contributed by atoms with Gasteiger partial charge in [-0.15, -0.1) is 11.6 Å². The monoisotopic (exact) mass is 284 g/mol. The van der Waals surface area contributed by atoms with Crippen molar-refractivity contribution in [3.63, 3.8) is 0 Å². The largest absolute Gasteiger partial charge is 0.494 e. The van der Waals surface area contributed by atoms with Crippen LogP contribution in [0.3, 0.4) is 0 Å². The maximum absolute atomic E-state index is 11.9. The lowest BCUT2D eigenvalue weighted by Crippen LogP contribution is -2.12. The highest BCUT2D eigenvalue weighted by atomic mass is 35.5. The van der Waals surface area contributed by atoms with Crippen LogP contribution >= 0.6 is 11.6 Å². The average molecular weight is 285 g/mol. The molecule has 0 aliphatic heterocycles. The molecule has 0 spiro atoms. The number of halogens is 1. The number of rotatable bonds is 7. The zero-order valence-electron chi connectivity index (χ0n) is 11.1. The van der Waals surface area contributed by atoms with E-state index in [0.29, 0.717) is 23.5 Å². The Labute approximate surface area is 117 Å². The molecule has 19 heavy (non-hydrogen) atoms. The van der Waals surface area contributed by atoms with E-state index in [2.05, 4.69) is 0 Å². The van der Waals surface area contributed by atoms with E-state index >= 15 is 0 Å². The summed E-state index contributed by atoms with van der Waals surface area (Å²) in [6.07, 6.45) is 0.115. The fourth-order valence-corrected chi connectivity index (χ4v) is 1.72. The van der Waals surface area contributed by atoms with E-state index in [4.69, 9.17) is 21.1 Å². The van der Waals surface area contributed by atoms with Crippen LogP contribution in [0, 0.1) is 0 Å². The smallest absolute Gasteiger partial charge is 0.338 e. The Morgan fingerprint density at radius 1 is 1.21 bits per heavy atom. The number of carbonyl (C=O) groups is 2. The fraction of sp³-hybridized carbons (Fsp3) is 0.429.